The second kappa shape index (κ2) is 5.70. The Labute approximate surface area is 138 Å². The fourth-order valence-corrected chi connectivity index (χ4v) is 2.59. The number of ether oxygens (including phenoxy) is 1. The second-order valence-corrected chi connectivity index (χ2v) is 6.54. The number of anilines is 1. The molecule has 0 fully saturated rings. The average molecular weight is 331 g/mol. The number of benzene rings is 1. The van der Waals surface area contributed by atoms with Gasteiger partial charge in [-0.05, 0) is 44.2 Å². The average Bonchev–Trinajstić information content (AvgIpc) is 2.92. The highest BCUT2D eigenvalue weighted by molar-refractivity contribution is 5.92. The Morgan fingerprint density at radius 3 is 2.71 bits per heavy atom. The van der Waals surface area contributed by atoms with E-state index in [4.69, 9.17) is 4.74 Å². The molecule has 0 saturated heterocycles. The smallest absolute Gasteiger partial charge is 0.338 e. The molecule has 0 saturated carbocycles. The van der Waals surface area contributed by atoms with E-state index in [9.17, 15) is 9.18 Å². The first kappa shape index (κ1) is 16.1. The van der Waals surface area contributed by atoms with Gasteiger partial charge in [-0.25, -0.2) is 9.18 Å². The van der Waals surface area contributed by atoms with Crippen LogP contribution in [0.2, 0.25) is 0 Å². The first-order valence-corrected chi connectivity index (χ1v) is 7.51. The minimum Gasteiger partial charge on any atom is -0.456 e. The van der Waals surface area contributed by atoms with Gasteiger partial charge in [0.05, 0.1) is 5.57 Å². The van der Waals surface area contributed by atoms with E-state index in [1.165, 1.54) is 10.7 Å². The van der Waals surface area contributed by atoms with Crippen molar-refractivity contribution in [2.45, 2.75) is 39.3 Å². The standard InChI is InChI=1S/C16H18FN5O2/c1-9-12(14(23)24-16(2,3)4)13(10-7-5-6-8-11(10)17)22-15(18-9)19-20-21-22/h5-8,13H,1-4H3,(H,18,19,21)/t13-/m0/s1. The molecule has 0 bridgehead atoms. The molecule has 7 nitrogen and oxygen atoms in total. The van der Waals surface area contributed by atoms with Gasteiger partial charge in [-0.2, -0.15) is 4.68 Å². The Morgan fingerprint density at radius 1 is 1.33 bits per heavy atom. The van der Waals surface area contributed by atoms with Crippen LogP contribution in [-0.4, -0.2) is 31.8 Å². The highest BCUT2D eigenvalue weighted by atomic mass is 19.1. The van der Waals surface area contributed by atoms with Crippen molar-refractivity contribution in [2.75, 3.05) is 5.32 Å². The van der Waals surface area contributed by atoms with Crippen LogP contribution in [0.5, 0.6) is 0 Å². The zero-order chi connectivity index (χ0) is 17.5. The highest BCUT2D eigenvalue weighted by Gasteiger charge is 2.37. The van der Waals surface area contributed by atoms with Crippen molar-refractivity contribution >= 4 is 11.9 Å². The fourth-order valence-electron chi connectivity index (χ4n) is 2.59. The maximum absolute atomic E-state index is 14.4. The van der Waals surface area contributed by atoms with E-state index in [1.54, 1.807) is 45.9 Å². The molecule has 8 heteroatoms. The summed E-state index contributed by atoms with van der Waals surface area (Å²) in [5.74, 6) is -0.644. The number of hydrogen-bond donors (Lipinski definition) is 1. The van der Waals surface area contributed by atoms with Crippen LogP contribution in [-0.2, 0) is 9.53 Å². The first-order chi connectivity index (χ1) is 11.3. The number of rotatable bonds is 2. The molecule has 1 aromatic carbocycles. The van der Waals surface area contributed by atoms with Gasteiger partial charge in [-0.3, -0.25) is 0 Å². The quantitative estimate of drug-likeness (QED) is 0.851. The molecule has 0 amide bonds. The lowest BCUT2D eigenvalue weighted by atomic mass is 9.95. The molecular formula is C16H18FN5O2. The van der Waals surface area contributed by atoms with Gasteiger partial charge in [0.1, 0.15) is 17.5 Å². The lowest BCUT2D eigenvalue weighted by Crippen LogP contribution is -2.33. The molecule has 1 aromatic heterocycles. The number of aromatic nitrogens is 4. The summed E-state index contributed by atoms with van der Waals surface area (Å²) in [6.07, 6.45) is 0. The van der Waals surface area contributed by atoms with E-state index < -0.39 is 23.4 Å². The number of tetrazole rings is 1. The molecule has 2 heterocycles. The van der Waals surface area contributed by atoms with Crippen molar-refractivity contribution in [3.63, 3.8) is 0 Å². The maximum Gasteiger partial charge on any atom is 0.338 e. The minimum absolute atomic E-state index is 0.273. The summed E-state index contributed by atoms with van der Waals surface area (Å²) in [5.41, 5.74) is 0.424. The van der Waals surface area contributed by atoms with E-state index in [0.29, 0.717) is 17.2 Å². The fraction of sp³-hybridized carbons (Fsp3) is 0.375. The van der Waals surface area contributed by atoms with Crippen molar-refractivity contribution in [2.24, 2.45) is 0 Å². The molecular weight excluding hydrogens is 313 g/mol. The van der Waals surface area contributed by atoms with E-state index in [2.05, 4.69) is 20.8 Å². The zero-order valence-corrected chi connectivity index (χ0v) is 13.9. The van der Waals surface area contributed by atoms with E-state index in [1.807, 2.05) is 0 Å². The number of esters is 1. The molecule has 24 heavy (non-hydrogen) atoms. The maximum atomic E-state index is 14.4. The number of carbonyl (C=O) groups excluding carboxylic acids is 1. The molecule has 2 aromatic rings. The second-order valence-electron chi connectivity index (χ2n) is 6.54. The number of fused-ring (bicyclic) bond motifs is 1. The monoisotopic (exact) mass is 331 g/mol. The highest BCUT2D eigenvalue weighted by Crippen LogP contribution is 2.36. The molecule has 0 unspecified atom stereocenters. The van der Waals surface area contributed by atoms with Crippen molar-refractivity contribution in [3.05, 3.63) is 46.9 Å². The van der Waals surface area contributed by atoms with E-state index in [0.717, 1.165) is 0 Å². The summed E-state index contributed by atoms with van der Waals surface area (Å²) in [6, 6.07) is 5.43. The van der Waals surface area contributed by atoms with Crippen LogP contribution < -0.4 is 5.32 Å². The summed E-state index contributed by atoms with van der Waals surface area (Å²) < 4.78 is 21.3. The summed E-state index contributed by atoms with van der Waals surface area (Å²) in [6.45, 7) is 7.04. The predicted octanol–water partition coefficient (Wildman–Crippen LogP) is 2.44. The predicted molar refractivity (Wildman–Crippen MR) is 84.5 cm³/mol. The van der Waals surface area contributed by atoms with Crippen LogP contribution >= 0.6 is 0 Å². The van der Waals surface area contributed by atoms with Gasteiger partial charge < -0.3 is 10.1 Å². The number of nitrogens with one attached hydrogen (secondary N) is 1. The SMILES string of the molecule is CC1=C(C(=O)OC(C)(C)C)[C@H](c2ccccc2F)n2nnnc2N1. The van der Waals surface area contributed by atoms with Crippen LogP contribution in [0.25, 0.3) is 0 Å². The van der Waals surface area contributed by atoms with Crippen LogP contribution in [0.3, 0.4) is 0 Å². The van der Waals surface area contributed by atoms with E-state index in [-0.39, 0.29) is 5.57 Å². The van der Waals surface area contributed by atoms with Gasteiger partial charge in [0.15, 0.2) is 0 Å². The van der Waals surface area contributed by atoms with E-state index >= 15 is 0 Å². The summed E-state index contributed by atoms with van der Waals surface area (Å²) in [7, 11) is 0. The van der Waals surface area contributed by atoms with Crippen molar-refractivity contribution in [1.82, 2.24) is 20.2 Å². The summed E-state index contributed by atoms with van der Waals surface area (Å²) in [5, 5.41) is 14.3. The van der Waals surface area contributed by atoms with Gasteiger partial charge >= 0.3 is 5.97 Å². The lowest BCUT2D eigenvalue weighted by molar-refractivity contribution is -0.150. The van der Waals surface area contributed by atoms with Crippen LogP contribution in [0.4, 0.5) is 10.3 Å². The number of halogens is 1. The van der Waals surface area contributed by atoms with Crippen molar-refractivity contribution in [3.8, 4) is 0 Å². The van der Waals surface area contributed by atoms with Crippen LogP contribution in [0.1, 0.15) is 39.3 Å². The van der Waals surface area contributed by atoms with Gasteiger partial charge in [0.25, 0.3) is 0 Å². The molecule has 1 aliphatic heterocycles. The Balaban J connectivity index is 2.14. The largest absolute Gasteiger partial charge is 0.456 e. The Bertz CT molecular complexity index is 822. The molecule has 0 radical (unpaired) electrons. The minimum atomic E-state index is -0.799. The number of allylic oxidation sites excluding steroid dienone is 1. The molecule has 0 aliphatic carbocycles. The normalized spacial score (nSPS) is 17.3. The Morgan fingerprint density at radius 2 is 2.04 bits per heavy atom. The topological polar surface area (TPSA) is 81.9 Å². The summed E-state index contributed by atoms with van der Waals surface area (Å²) in [4.78, 5) is 12.7. The van der Waals surface area contributed by atoms with Crippen molar-refractivity contribution < 1.29 is 13.9 Å². The Hall–Kier alpha value is -2.77. The molecule has 1 aliphatic rings. The molecule has 0 spiro atoms. The zero-order valence-electron chi connectivity index (χ0n) is 13.9. The summed E-state index contributed by atoms with van der Waals surface area (Å²) >= 11 is 0. The van der Waals surface area contributed by atoms with Gasteiger partial charge in [-0.15, -0.1) is 0 Å². The number of hydrogen-bond acceptors (Lipinski definition) is 6. The lowest BCUT2D eigenvalue weighted by Gasteiger charge is -2.29. The third-order valence-electron chi connectivity index (χ3n) is 3.53. The Kier molecular flexibility index (Phi) is 3.82. The molecule has 3 rings (SSSR count). The van der Waals surface area contributed by atoms with Crippen molar-refractivity contribution in [1.29, 1.82) is 0 Å². The third-order valence-corrected chi connectivity index (χ3v) is 3.53. The molecule has 1 N–H and O–H groups in total. The molecule has 126 valence electrons. The van der Waals surface area contributed by atoms with Gasteiger partial charge in [-0.1, -0.05) is 23.3 Å². The third kappa shape index (κ3) is 2.86. The van der Waals surface area contributed by atoms with Crippen LogP contribution in [0, 0.1) is 5.82 Å². The van der Waals surface area contributed by atoms with Gasteiger partial charge in [0, 0.05) is 11.3 Å². The number of nitrogens with zero attached hydrogens (tertiary/aromatic N) is 4. The first-order valence-electron chi connectivity index (χ1n) is 7.51. The number of carbonyl (C=O) groups is 1. The molecule has 1 atom stereocenters. The van der Waals surface area contributed by atoms with Crippen LogP contribution in [0.15, 0.2) is 35.5 Å². The van der Waals surface area contributed by atoms with Gasteiger partial charge in [0.2, 0.25) is 5.95 Å².